The van der Waals surface area contributed by atoms with Crippen molar-refractivity contribution in [3.8, 4) is 11.5 Å². The van der Waals surface area contributed by atoms with Gasteiger partial charge in [0.05, 0.1) is 20.8 Å². The van der Waals surface area contributed by atoms with E-state index in [1.54, 1.807) is 32.4 Å². The van der Waals surface area contributed by atoms with Crippen molar-refractivity contribution in [3.63, 3.8) is 0 Å². The van der Waals surface area contributed by atoms with Crippen molar-refractivity contribution in [2.45, 2.75) is 13.5 Å². The molecule has 0 aliphatic rings. The normalized spacial score (nSPS) is 10.4. The summed E-state index contributed by atoms with van der Waals surface area (Å²) in [5.74, 6) is 1.34. The van der Waals surface area contributed by atoms with Gasteiger partial charge in [0.25, 0.3) is 5.91 Å². The molecule has 0 spiro atoms. The van der Waals surface area contributed by atoms with E-state index in [9.17, 15) is 4.79 Å². The van der Waals surface area contributed by atoms with Gasteiger partial charge in [0.2, 0.25) is 0 Å². The molecule has 3 rings (SSSR count). The molecule has 0 atom stereocenters. The average Bonchev–Trinajstić information content (AvgIpc) is 3.00. The first kappa shape index (κ1) is 17.5. The Labute approximate surface area is 152 Å². The van der Waals surface area contributed by atoms with Gasteiger partial charge in [-0.05, 0) is 24.6 Å². The summed E-state index contributed by atoms with van der Waals surface area (Å²) >= 11 is 0. The SMILES string of the molecule is COc1cc(OC)cc(C(=O)Nc2cc(C)n(Cc3ccccc3)n2)c1. The molecule has 6 heteroatoms. The van der Waals surface area contributed by atoms with E-state index in [2.05, 4.69) is 10.4 Å². The van der Waals surface area contributed by atoms with Crippen LogP contribution >= 0.6 is 0 Å². The molecule has 1 heterocycles. The Morgan fingerprint density at radius 2 is 1.69 bits per heavy atom. The molecular formula is C20H21N3O3. The minimum absolute atomic E-state index is 0.272. The second kappa shape index (κ2) is 7.74. The number of amides is 1. The summed E-state index contributed by atoms with van der Waals surface area (Å²) in [4.78, 5) is 12.6. The second-order valence-corrected chi connectivity index (χ2v) is 5.87. The lowest BCUT2D eigenvalue weighted by atomic mass is 10.2. The van der Waals surface area contributed by atoms with E-state index in [4.69, 9.17) is 9.47 Å². The van der Waals surface area contributed by atoms with E-state index < -0.39 is 0 Å². The Bertz CT molecular complexity index is 882. The zero-order valence-electron chi connectivity index (χ0n) is 15.0. The number of benzene rings is 2. The Kier molecular flexibility index (Phi) is 5.22. The number of hydrogen-bond acceptors (Lipinski definition) is 4. The first-order valence-electron chi connectivity index (χ1n) is 8.22. The van der Waals surface area contributed by atoms with Crippen molar-refractivity contribution in [1.29, 1.82) is 0 Å². The highest BCUT2D eigenvalue weighted by atomic mass is 16.5. The van der Waals surface area contributed by atoms with Crippen LogP contribution in [0.25, 0.3) is 0 Å². The summed E-state index contributed by atoms with van der Waals surface area (Å²) in [5.41, 5.74) is 2.55. The maximum Gasteiger partial charge on any atom is 0.257 e. The molecule has 26 heavy (non-hydrogen) atoms. The summed E-state index contributed by atoms with van der Waals surface area (Å²) in [7, 11) is 3.09. The third kappa shape index (κ3) is 4.03. The van der Waals surface area contributed by atoms with Crippen LogP contribution in [0.3, 0.4) is 0 Å². The molecule has 134 valence electrons. The van der Waals surface area contributed by atoms with Crippen LogP contribution < -0.4 is 14.8 Å². The maximum absolute atomic E-state index is 12.6. The molecule has 0 fully saturated rings. The van der Waals surface area contributed by atoms with Gasteiger partial charge in [-0.25, -0.2) is 0 Å². The van der Waals surface area contributed by atoms with Gasteiger partial charge in [-0.3, -0.25) is 9.48 Å². The van der Waals surface area contributed by atoms with Crippen LogP contribution in [0, 0.1) is 6.92 Å². The van der Waals surface area contributed by atoms with Crippen LogP contribution in [0.5, 0.6) is 11.5 Å². The first-order chi connectivity index (χ1) is 12.6. The monoisotopic (exact) mass is 351 g/mol. The number of rotatable bonds is 6. The lowest BCUT2D eigenvalue weighted by Crippen LogP contribution is -2.13. The van der Waals surface area contributed by atoms with Gasteiger partial charge in [0, 0.05) is 23.4 Å². The van der Waals surface area contributed by atoms with Crippen molar-refractivity contribution in [1.82, 2.24) is 9.78 Å². The molecule has 0 saturated carbocycles. The lowest BCUT2D eigenvalue weighted by Gasteiger charge is -2.08. The topological polar surface area (TPSA) is 65.4 Å². The second-order valence-electron chi connectivity index (χ2n) is 5.87. The number of carbonyl (C=O) groups is 1. The summed E-state index contributed by atoms with van der Waals surface area (Å²) in [6.07, 6.45) is 0. The molecule has 0 radical (unpaired) electrons. The van der Waals surface area contributed by atoms with E-state index in [1.165, 1.54) is 0 Å². The number of carbonyl (C=O) groups excluding carboxylic acids is 1. The number of hydrogen-bond donors (Lipinski definition) is 1. The molecular weight excluding hydrogens is 330 g/mol. The third-order valence-electron chi connectivity index (χ3n) is 4.01. The first-order valence-corrected chi connectivity index (χ1v) is 8.22. The van der Waals surface area contributed by atoms with E-state index in [0.717, 1.165) is 11.3 Å². The van der Waals surface area contributed by atoms with Crippen LogP contribution in [0.1, 0.15) is 21.6 Å². The summed E-state index contributed by atoms with van der Waals surface area (Å²) in [5, 5.41) is 7.30. The van der Waals surface area contributed by atoms with E-state index in [0.29, 0.717) is 29.4 Å². The number of methoxy groups -OCH3 is 2. The van der Waals surface area contributed by atoms with Crippen LogP contribution in [-0.4, -0.2) is 29.9 Å². The van der Waals surface area contributed by atoms with Gasteiger partial charge in [-0.1, -0.05) is 30.3 Å². The Morgan fingerprint density at radius 1 is 1.04 bits per heavy atom. The predicted octanol–water partition coefficient (Wildman–Crippen LogP) is 3.51. The standard InChI is InChI=1S/C20H21N3O3/c1-14-9-19(22-23(14)13-15-7-5-4-6-8-15)21-20(24)16-10-17(25-2)12-18(11-16)26-3/h4-12H,13H2,1-3H3,(H,21,22,24). The number of anilines is 1. The molecule has 1 amide bonds. The highest BCUT2D eigenvalue weighted by molar-refractivity contribution is 6.04. The number of nitrogens with zero attached hydrogens (tertiary/aromatic N) is 2. The van der Waals surface area contributed by atoms with Crippen LogP contribution in [-0.2, 0) is 6.54 Å². The molecule has 0 aliphatic carbocycles. The van der Waals surface area contributed by atoms with Crippen molar-refractivity contribution < 1.29 is 14.3 Å². The van der Waals surface area contributed by atoms with Crippen molar-refractivity contribution in [3.05, 3.63) is 71.4 Å². The van der Waals surface area contributed by atoms with Gasteiger partial charge in [0.1, 0.15) is 11.5 Å². The number of aryl methyl sites for hydroxylation is 1. The highest BCUT2D eigenvalue weighted by Crippen LogP contribution is 2.23. The van der Waals surface area contributed by atoms with Crippen LogP contribution in [0.2, 0.25) is 0 Å². The van der Waals surface area contributed by atoms with Gasteiger partial charge in [-0.15, -0.1) is 0 Å². The maximum atomic E-state index is 12.6. The van der Waals surface area contributed by atoms with E-state index in [1.807, 2.05) is 48.0 Å². The summed E-state index contributed by atoms with van der Waals surface area (Å²) in [6, 6.07) is 16.9. The van der Waals surface area contributed by atoms with Gasteiger partial charge < -0.3 is 14.8 Å². The fraction of sp³-hybridized carbons (Fsp3) is 0.200. The fourth-order valence-corrected chi connectivity index (χ4v) is 2.61. The van der Waals surface area contributed by atoms with Crippen LogP contribution in [0.15, 0.2) is 54.6 Å². The molecule has 1 aromatic heterocycles. The molecule has 1 N–H and O–H groups in total. The van der Waals surface area contributed by atoms with E-state index >= 15 is 0 Å². The largest absolute Gasteiger partial charge is 0.497 e. The molecule has 0 saturated heterocycles. The number of aromatic nitrogens is 2. The van der Waals surface area contributed by atoms with Crippen molar-refractivity contribution in [2.75, 3.05) is 19.5 Å². The van der Waals surface area contributed by atoms with Crippen molar-refractivity contribution in [2.24, 2.45) is 0 Å². The lowest BCUT2D eigenvalue weighted by molar-refractivity contribution is 0.102. The van der Waals surface area contributed by atoms with Crippen molar-refractivity contribution >= 4 is 11.7 Å². The minimum Gasteiger partial charge on any atom is -0.497 e. The molecule has 0 aliphatic heterocycles. The number of nitrogens with one attached hydrogen (secondary N) is 1. The summed E-state index contributed by atoms with van der Waals surface area (Å²) < 4.78 is 12.3. The Hall–Kier alpha value is -3.28. The average molecular weight is 351 g/mol. The molecule has 2 aromatic carbocycles. The Morgan fingerprint density at radius 3 is 2.31 bits per heavy atom. The van der Waals surface area contributed by atoms with Gasteiger partial charge in [0.15, 0.2) is 5.82 Å². The zero-order valence-corrected chi connectivity index (χ0v) is 15.0. The number of ether oxygens (including phenoxy) is 2. The molecule has 3 aromatic rings. The Balaban J connectivity index is 1.77. The molecule has 0 unspecified atom stereocenters. The quantitative estimate of drug-likeness (QED) is 0.738. The minimum atomic E-state index is -0.272. The van der Waals surface area contributed by atoms with Crippen LogP contribution in [0.4, 0.5) is 5.82 Å². The van der Waals surface area contributed by atoms with Gasteiger partial charge >= 0.3 is 0 Å². The molecule has 0 bridgehead atoms. The third-order valence-corrected chi connectivity index (χ3v) is 4.01. The molecule has 6 nitrogen and oxygen atoms in total. The van der Waals surface area contributed by atoms with Gasteiger partial charge in [-0.2, -0.15) is 5.10 Å². The zero-order chi connectivity index (χ0) is 18.5. The summed E-state index contributed by atoms with van der Waals surface area (Å²) in [6.45, 7) is 2.61. The smallest absolute Gasteiger partial charge is 0.257 e. The predicted molar refractivity (Wildman–Crippen MR) is 100 cm³/mol. The van der Waals surface area contributed by atoms with E-state index in [-0.39, 0.29) is 5.91 Å². The fourth-order valence-electron chi connectivity index (χ4n) is 2.61. The highest BCUT2D eigenvalue weighted by Gasteiger charge is 2.13.